The number of imidazole rings is 1. The molecule has 0 fully saturated rings. The van der Waals surface area contributed by atoms with Crippen molar-refractivity contribution < 1.29 is 4.42 Å². The summed E-state index contributed by atoms with van der Waals surface area (Å²) >= 11 is 0. The fraction of sp³-hybridized carbons (Fsp3) is 0.100. The van der Waals surface area contributed by atoms with Gasteiger partial charge in [-0.25, -0.2) is 4.98 Å². The number of nitrogens with two attached hydrogens (primary N) is 2. The first kappa shape index (κ1) is 10.4. The minimum absolute atomic E-state index is 0.0286. The maximum atomic E-state index is 11.6. The highest BCUT2D eigenvalue weighted by Crippen LogP contribution is 2.15. The van der Waals surface area contributed by atoms with Crippen LogP contribution in [0.3, 0.4) is 0 Å². The molecule has 0 radical (unpaired) electrons. The Morgan fingerprint density at radius 3 is 2.94 bits per heavy atom. The lowest BCUT2D eigenvalue weighted by Crippen LogP contribution is -2.12. The maximum Gasteiger partial charge on any atom is 0.280 e. The Labute approximate surface area is 100 Å². The van der Waals surface area contributed by atoms with E-state index in [1.807, 2.05) is 0 Å². The monoisotopic (exact) mass is 246 g/mol. The van der Waals surface area contributed by atoms with E-state index in [0.717, 1.165) is 5.56 Å². The lowest BCUT2D eigenvalue weighted by atomic mass is 10.3. The van der Waals surface area contributed by atoms with Crippen molar-refractivity contribution in [1.29, 1.82) is 0 Å². The number of nitrogens with zero attached hydrogens (tertiary/aromatic N) is 3. The van der Waals surface area contributed by atoms with Crippen molar-refractivity contribution in [2.45, 2.75) is 6.54 Å². The van der Waals surface area contributed by atoms with Crippen molar-refractivity contribution >= 4 is 23.1 Å². The predicted molar refractivity (Wildman–Crippen MR) is 64.8 cm³/mol. The number of nitrogens with one attached hydrogen (secondary N) is 1. The van der Waals surface area contributed by atoms with E-state index >= 15 is 0 Å². The lowest BCUT2D eigenvalue weighted by molar-refractivity contribution is 0.562. The Hall–Kier alpha value is -2.77. The van der Waals surface area contributed by atoms with Gasteiger partial charge < -0.3 is 15.9 Å². The Morgan fingerprint density at radius 2 is 2.22 bits per heavy atom. The summed E-state index contributed by atoms with van der Waals surface area (Å²) in [5.41, 5.74) is 12.3. The van der Waals surface area contributed by atoms with Crippen molar-refractivity contribution in [1.82, 2.24) is 19.5 Å². The van der Waals surface area contributed by atoms with Crippen LogP contribution in [0, 0.1) is 0 Å². The number of anilines is 2. The maximum absolute atomic E-state index is 11.6. The van der Waals surface area contributed by atoms with Crippen LogP contribution in [0.4, 0.5) is 11.9 Å². The van der Waals surface area contributed by atoms with Crippen LogP contribution in [0.2, 0.25) is 0 Å². The molecule has 0 saturated heterocycles. The van der Waals surface area contributed by atoms with Gasteiger partial charge in [-0.05, 0) is 6.07 Å². The van der Waals surface area contributed by atoms with Gasteiger partial charge in [-0.2, -0.15) is 4.98 Å². The van der Waals surface area contributed by atoms with Crippen LogP contribution < -0.4 is 17.0 Å². The Kier molecular flexibility index (Phi) is 2.09. The predicted octanol–water partition coefficient (Wildman–Crippen LogP) is -0.0747. The van der Waals surface area contributed by atoms with Crippen LogP contribution in [0.15, 0.2) is 27.8 Å². The summed E-state index contributed by atoms with van der Waals surface area (Å²) in [5.74, 6) is 0.232. The van der Waals surface area contributed by atoms with Crippen molar-refractivity contribution in [3.63, 3.8) is 0 Å². The Balaban J connectivity index is 2.22. The molecule has 0 aliphatic heterocycles. The molecule has 3 heterocycles. The Bertz CT molecular complexity index is 755. The molecule has 0 amide bonds. The van der Waals surface area contributed by atoms with Crippen molar-refractivity contribution in [2.75, 3.05) is 11.5 Å². The van der Waals surface area contributed by atoms with Crippen LogP contribution in [-0.2, 0) is 6.54 Å². The number of aromatic amines is 1. The van der Waals surface area contributed by atoms with Gasteiger partial charge in [0, 0.05) is 5.56 Å². The van der Waals surface area contributed by atoms with E-state index in [9.17, 15) is 4.79 Å². The zero-order valence-corrected chi connectivity index (χ0v) is 9.25. The molecule has 3 aromatic rings. The molecule has 0 aliphatic rings. The summed E-state index contributed by atoms with van der Waals surface area (Å²) in [6.07, 6.45) is 3.14. The van der Waals surface area contributed by atoms with Gasteiger partial charge >= 0.3 is 0 Å². The second kappa shape index (κ2) is 3.62. The van der Waals surface area contributed by atoms with E-state index in [4.69, 9.17) is 15.9 Å². The fourth-order valence-corrected chi connectivity index (χ4v) is 1.77. The molecule has 0 unspecified atom stereocenters. The highest BCUT2D eigenvalue weighted by molar-refractivity contribution is 5.74. The molecule has 92 valence electrons. The first-order valence-electron chi connectivity index (χ1n) is 5.17. The van der Waals surface area contributed by atoms with E-state index in [1.54, 1.807) is 23.2 Å². The molecule has 0 aliphatic carbocycles. The highest BCUT2D eigenvalue weighted by Gasteiger charge is 2.14. The van der Waals surface area contributed by atoms with Crippen molar-refractivity contribution in [3.8, 4) is 0 Å². The number of hydrogen-bond acceptors (Lipinski definition) is 6. The summed E-state index contributed by atoms with van der Waals surface area (Å²) in [6.45, 7) is 0.411. The molecule has 5 N–H and O–H groups in total. The normalized spacial score (nSPS) is 11.1. The van der Waals surface area contributed by atoms with Crippen LogP contribution >= 0.6 is 0 Å². The molecule has 3 rings (SSSR count). The molecule has 3 aromatic heterocycles. The van der Waals surface area contributed by atoms with Gasteiger partial charge in [0.05, 0.1) is 19.1 Å². The molecular weight excluding hydrogens is 236 g/mol. The van der Waals surface area contributed by atoms with Gasteiger partial charge in [0.2, 0.25) is 11.9 Å². The molecule has 0 atom stereocenters. The second-order valence-electron chi connectivity index (χ2n) is 3.81. The first-order chi connectivity index (χ1) is 8.65. The van der Waals surface area contributed by atoms with Crippen LogP contribution in [-0.4, -0.2) is 19.5 Å². The minimum Gasteiger partial charge on any atom is -0.472 e. The summed E-state index contributed by atoms with van der Waals surface area (Å²) in [4.78, 5) is 22.0. The van der Waals surface area contributed by atoms with Gasteiger partial charge in [0.1, 0.15) is 0 Å². The number of furan rings is 1. The van der Waals surface area contributed by atoms with Gasteiger partial charge in [-0.15, -0.1) is 0 Å². The average molecular weight is 246 g/mol. The third kappa shape index (κ3) is 1.51. The van der Waals surface area contributed by atoms with E-state index in [-0.39, 0.29) is 17.4 Å². The molecule has 8 nitrogen and oxygen atoms in total. The summed E-state index contributed by atoms with van der Waals surface area (Å²) in [7, 11) is 0. The highest BCUT2D eigenvalue weighted by atomic mass is 16.3. The van der Waals surface area contributed by atoms with Crippen molar-refractivity contribution in [3.05, 3.63) is 34.5 Å². The quantitative estimate of drug-likeness (QED) is 0.580. The molecular formula is C10H10N6O2. The fourth-order valence-electron chi connectivity index (χ4n) is 1.77. The summed E-state index contributed by atoms with van der Waals surface area (Å²) in [6, 6.07) is 1.79. The number of H-pyrrole nitrogens is 1. The first-order valence-corrected chi connectivity index (χ1v) is 5.17. The molecule has 8 heteroatoms. The number of hydrogen-bond donors (Lipinski definition) is 3. The molecule has 18 heavy (non-hydrogen) atoms. The van der Waals surface area contributed by atoms with Crippen LogP contribution in [0.25, 0.3) is 11.2 Å². The Morgan fingerprint density at radius 1 is 1.39 bits per heavy atom. The smallest absolute Gasteiger partial charge is 0.280 e. The van der Waals surface area contributed by atoms with E-state index in [1.165, 1.54) is 0 Å². The lowest BCUT2D eigenvalue weighted by Gasteiger charge is -2.03. The van der Waals surface area contributed by atoms with Gasteiger partial charge in [-0.1, -0.05) is 0 Å². The topological polar surface area (TPSA) is 129 Å². The van der Waals surface area contributed by atoms with E-state index < -0.39 is 5.56 Å². The zero-order chi connectivity index (χ0) is 12.7. The van der Waals surface area contributed by atoms with Crippen LogP contribution in [0.5, 0.6) is 0 Å². The zero-order valence-electron chi connectivity index (χ0n) is 9.25. The standard InChI is InChI=1S/C10H10N6O2/c11-9-14-7-6(8(17)15-9)13-10(12)16(7)3-5-1-2-18-4-5/h1-2,4H,3H2,(H2,12,13)(H3,11,14,15,17). The minimum atomic E-state index is -0.407. The molecule has 0 spiro atoms. The van der Waals surface area contributed by atoms with Crippen LogP contribution in [0.1, 0.15) is 5.56 Å². The summed E-state index contributed by atoms with van der Waals surface area (Å²) < 4.78 is 6.58. The number of aromatic nitrogens is 4. The number of rotatable bonds is 2. The van der Waals surface area contributed by atoms with Gasteiger partial charge in [0.25, 0.3) is 5.56 Å². The van der Waals surface area contributed by atoms with Gasteiger partial charge in [0.15, 0.2) is 11.2 Å². The average Bonchev–Trinajstić information content (AvgIpc) is 2.91. The molecule has 0 bridgehead atoms. The third-order valence-corrected chi connectivity index (χ3v) is 2.57. The largest absolute Gasteiger partial charge is 0.472 e. The van der Waals surface area contributed by atoms with E-state index in [0.29, 0.717) is 12.2 Å². The van der Waals surface area contributed by atoms with E-state index in [2.05, 4.69) is 15.0 Å². The second-order valence-corrected chi connectivity index (χ2v) is 3.81. The molecule has 0 aromatic carbocycles. The summed E-state index contributed by atoms with van der Waals surface area (Å²) in [5, 5.41) is 0. The third-order valence-electron chi connectivity index (χ3n) is 2.57. The van der Waals surface area contributed by atoms with Crippen molar-refractivity contribution in [2.24, 2.45) is 0 Å². The molecule has 0 saturated carbocycles. The van der Waals surface area contributed by atoms with Gasteiger partial charge in [-0.3, -0.25) is 14.3 Å². The number of nitrogen functional groups attached to an aromatic ring is 2. The SMILES string of the molecule is Nc1nc2c(nc(N)n2Cc2ccoc2)c(=O)[nH]1. The number of fused-ring (bicyclic) bond motifs is 1.